The Balaban J connectivity index is 1.39. The summed E-state index contributed by atoms with van der Waals surface area (Å²) in [7, 11) is 1.84. The number of aryl methyl sites for hydroxylation is 2. The summed E-state index contributed by atoms with van der Waals surface area (Å²) in [6, 6.07) is 0. The molecular weight excluding hydrogens is 376 g/mol. The Morgan fingerprint density at radius 3 is 2.62 bits per heavy atom. The Bertz CT molecular complexity index is 1170. The normalized spacial score (nSPS) is 14.6. The number of piperazine rings is 1. The van der Waals surface area contributed by atoms with Gasteiger partial charge < -0.3 is 14.8 Å². The van der Waals surface area contributed by atoms with E-state index in [4.69, 9.17) is 0 Å². The average Bonchev–Trinajstić information content (AvgIpc) is 3.08. The number of fused-ring (bicyclic) bond motifs is 1. The van der Waals surface area contributed by atoms with Gasteiger partial charge in [-0.1, -0.05) is 0 Å². The maximum absolute atomic E-state index is 12.6. The maximum Gasteiger partial charge on any atom is 0.325 e. The Kier molecular flexibility index (Phi) is 4.87. The first-order valence-corrected chi connectivity index (χ1v) is 9.41. The van der Waals surface area contributed by atoms with Crippen molar-refractivity contribution in [1.82, 2.24) is 34.6 Å². The van der Waals surface area contributed by atoms with Gasteiger partial charge in [0.25, 0.3) is 5.56 Å². The van der Waals surface area contributed by atoms with Crippen molar-refractivity contribution >= 4 is 22.8 Å². The van der Waals surface area contributed by atoms with Crippen molar-refractivity contribution in [3.63, 3.8) is 0 Å². The van der Waals surface area contributed by atoms with Crippen molar-refractivity contribution < 1.29 is 4.79 Å². The fourth-order valence-electron chi connectivity index (χ4n) is 3.69. The van der Waals surface area contributed by atoms with E-state index in [0.717, 1.165) is 16.9 Å². The molecule has 1 aliphatic rings. The lowest BCUT2D eigenvalue weighted by atomic mass is 10.1. The zero-order valence-electron chi connectivity index (χ0n) is 16.3. The van der Waals surface area contributed by atoms with E-state index >= 15 is 0 Å². The molecule has 0 saturated carbocycles. The lowest BCUT2D eigenvalue weighted by molar-refractivity contribution is -0.131. The van der Waals surface area contributed by atoms with Crippen LogP contribution in [0.5, 0.6) is 0 Å². The van der Waals surface area contributed by atoms with Crippen molar-refractivity contribution in [2.45, 2.75) is 19.8 Å². The molecule has 1 saturated heterocycles. The average molecular weight is 398 g/mol. The van der Waals surface area contributed by atoms with E-state index in [-0.39, 0.29) is 12.3 Å². The first-order chi connectivity index (χ1) is 13.9. The van der Waals surface area contributed by atoms with Gasteiger partial charge in [-0.2, -0.15) is 5.10 Å². The highest BCUT2D eigenvalue weighted by atomic mass is 16.2. The second-order valence-electron chi connectivity index (χ2n) is 7.08. The Morgan fingerprint density at radius 2 is 1.90 bits per heavy atom. The van der Waals surface area contributed by atoms with Crippen LogP contribution in [0.3, 0.4) is 0 Å². The number of aromatic nitrogens is 6. The number of anilines is 1. The SMILES string of the molecule is Cc1[nH]c(=O)[nH]c(=O)c1CCC(=O)N1CCN(c2ncnc3c2cnn3C)CC1. The van der Waals surface area contributed by atoms with Gasteiger partial charge in [-0.15, -0.1) is 0 Å². The smallest absolute Gasteiger partial charge is 0.325 e. The lowest BCUT2D eigenvalue weighted by Crippen LogP contribution is -2.49. The van der Waals surface area contributed by atoms with Crippen molar-refractivity contribution in [1.29, 1.82) is 0 Å². The molecule has 29 heavy (non-hydrogen) atoms. The molecule has 0 aromatic carbocycles. The molecule has 1 fully saturated rings. The molecule has 1 aliphatic heterocycles. The van der Waals surface area contributed by atoms with Crippen LogP contribution in [0.25, 0.3) is 11.0 Å². The lowest BCUT2D eigenvalue weighted by Gasteiger charge is -2.35. The molecule has 152 valence electrons. The number of hydrogen-bond donors (Lipinski definition) is 2. The van der Waals surface area contributed by atoms with E-state index in [2.05, 4.69) is 29.9 Å². The predicted octanol–water partition coefficient (Wildman–Crippen LogP) is -0.670. The minimum atomic E-state index is -0.536. The largest absolute Gasteiger partial charge is 0.352 e. The number of carbonyl (C=O) groups excluding carboxylic acids is 1. The second kappa shape index (κ2) is 7.49. The summed E-state index contributed by atoms with van der Waals surface area (Å²) in [5, 5.41) is 5.13. The van der Waals surface area contributed by atoms with E-state index in [1.54, 1.807) is 22.7 Å². The quantitative estimate of drug-likeness (QED) is 0.595. The van der Waals surface area contributed by atoms with Gasteiger partial charge in [0.15, 0.2) is 5.65 Å². The van der Waals surface area contributed by atoms with E-state index in [9.17, 15) is 14.4 Å². The van der Waals surface area contributed by atoms with Gasteiger partial charge in [0.1, 0.15) is 12.1 Å². The third-order valence-electron chi connectivity index (χ3n) is 5.28. The van der Waals surface area contributed by atoms with Crippen LogP contribution in [-0.2, 0) is 18.3 Å². The summed E-state index contributed by atoms with van der Waals surface area (Å²) in [6.45, 7) is 4.13. The fourth-order valence-corrected chi connectivity index (χ4v) is 3.69. The van der Waals surface area contributed by atoms with Crippen LogP contribution < -0.4 is 16.1 Å². The van der Waals surface area contributed by atoms with Gasteiger partial charge in [0.05, 0.1) is 11.6 Å². The maximum atomic E-state index is 12.6. The standard InChI is InChI=1S/C18H22N8O3/c1-11-12(17(28)23-18(29)22-11)3-4-14(27)25-5-7-26(8-6-25)16-13-9-21-24(2)15(13)19-10-20-16/h9-10H,3-8H2,1-2H3,(H2,22,23,28,29). The zero-order chi connectivity index (χ0) is 20.5. The number of carbonyl (C=O) groups is 1. The van der Waals surface area contributed by atoms with Crippen LogP contribution in [0.2, 0.25) is 0 Å². The summed E-state index contributed by atoms with van der Waals surface area (Å²) in [5.41, 5.74) is 0.742. The summed E-state index contributed by atoms with van der Waals surface area (Å²) >= 11 is 0. The van der Waals surface area contributed by atoms with Crippen LogP contribution in [-0.4, -0.2) is 66.7 Å². The van der Waals surface area contributed by atoms with E-state index in [1.165, 1.54) is 6.33 Å². The van der Waals surface area contributed by atoms with E-state index in [1.807, 2.05) is 7.05 Å². The highest BCUT2D eigenvalue weighted by molar-refractivity contribution is 5.86. The third-order valence-corrected chi connectivity index (χ3v) is 5.28. The minimum absolute atomic E-state index is 0.0103. The van der Waals surface area contributed by atoms with E-state index in [0.29, 0.717) is 43.9 Å². The summed E-state index contributed by atoms with van der Waals surface area (Å²) in [4.78, 5) is 53.2. The molecule has 1 amide bonds. The zero-order valence-corrected chi connectivity index (χ0v) is 16.3. The summed E-state index contributed by atoms with van der Waals surface area (Å²) in [5.74, 6) is 0.814. The summed E-state index contributed by atoms with van der Waals surface area (Å²) in [6.07, 6.45) is 3.79. The van der Waals surface area contributed by atoms with Gasteiger partial charge >= 0.3 is 5.69 Å². The van der Waals surface area contributed by atoms with Crippen LogP contribution in [0.4, 0.5) is 5.82 Å². The van der Waals surface area contributed by atoms with Gasteiger partial charge in [0, 0.05) is 50.9 Å². The molecule has 0 radical (unpaired) electrons. The van der Waals surface area contributed by atoms with Crippen LogP contribution >= 0.6 is 0 Å². The molecule has 0 bridgehead atoms. The molecule has 4 rings (SSSR count). The molecule has 0 unspecified atom stereocenters. The number of H-pyrrole nitrogens is 2. The van der Waals surface area contributed by atoms with Gasteiger partial charge in [-0.3, -0.25) is 19.3 Å². The number of hydrogen-bond acceptors (Lipinski definition) is 7. The Morgan fingerprint density at radius 1 is 1.14 bits per heavy atom. The monoisotopic (exact) mass is 398 g/mol. The Labute approximate surface area is 165 Å². The van der Waals surface area contributed by atoms with Crippen LogP contribution in [0.15, 0.2) is 22.1 Å². The molecule has 2 N–H and O–H groups in total. The second-order valence-corrected chi connectivity index (χ2v) is 7.08. The molecular formula is C18H22N8O3. The molecule has 0 spiro atoms. The third kappa shape index (κ3) is 3.62. The molecule has 3 aromatic rings. The fraction of sp³-hybridized carbons (Fsp3) is 0.444. The number of nitrogens with zero attached hydrogens (tertiary/aromatic N) is 6. The number of rotatable bonds is 4. The van der Waals surface area contributed by atoms with Crippen LogP contribution in [0.1, 0.15) is 17.7 Å². The first-order valence-electron chi connectivity index (χ1n) is 9.41. The van der Waals surface area contributed by atoms with Crippen molar-refractivity contribution in [3.05, 3.63) is 44.6 Å². The van der Waals surface area contributed by atoms with Gasteiger partial charge in [0.2, 0.25) is 5.91 Å². The first kappa shape index (κ1) is 18.8. The molecule has 11 heteroatoms. The predicted molar refractivity (Wildman–Crippen MR) is 106 cm³/mol. The number of nitrogens with one attached hydrogen (secondary N) is 2. The molecule has 4 heterocycles. The topological polar surface area (TPSA) is 133 Å². The van der Waals surface area contributed by atoms with Gasteiger partial charge in [-0.25, -0.2) is 14.8 Å². The Hall–Kier alpha value is -3.50. The number of amides is 1. The molecule has 0 atom stereocenters. The summed E-state index contributed by atoms with van der Waals surface area (Å²) < 4.78 is 1.71. The molecule has 3 aromatic heterocycles. The van der Waals surface area contributed by atoms with Crippen molar-refractivity contribution in [3.8, 4) is 0 Å². The van der Waals surface area contributed by atoms with Gasteiger partial charge in [-0.05, 0) is 13.3 Å². The van der Waals surface area contributed by atoms with Crippen molar-refractivity contribution in [2.24, 2.45) is 7.05 Å². The van der Waals surface area contributed by atoms with Crippen LogP contribution in [0, 0.1) is 6.92 Å². The molecule has 11 nitrogen and oxygen atoms in total. The minimum Gasteiger partial charge on any atom is -0.352 e. The highest BCUT2D eigenvalue weighted by Crippen LogP contribution is 2.23. The molecule has 0 aliphatic carbocycles. The van der Waals surface area contributed by atoms with E-state index < -0.39 is 11.2 Å². The highest BCUT2D eigenvalue weighted by Gasteiger charge is 2.24. The van der Waals surface area contributed by atoms with Crippen molar-refractivity contribution in [2.75, 3.05) is 31.1 Å². The number of aromatic amines is 2.